The largest absolute Gasteiger partial charge is 0.456 e. The fourth-order valence-electron chi connectivity index (χ4n) is 3.25. The van der Waals surface area contributed by atoms with E-state index in [-0.39, 0.29) is 11.5 Å². The zero-order valence-electron chi connectivity index (χ0n) is 16.7. The second-order valence-corrected chi connectivity index (χ2v) is 8.96. The number of nitrogens with zero attached hydrogens (tertiary/aromatic N) is 1. The monoisotopic (exact) mass is 346 g/mol. The van der Waals surface area contributed by atoms with Gasteiger partial charge in [-0.15, -0.1) is 0 Å². The standard InChI is InChI=1S/C21H34N2O2/c1-16(2)15-23-13-11-21(6,12-14-23)22-18-9-7-17(8-10-18)19(24)25-20(3,4)5/h7-10,16,22H,11-15H2,1-6H3. The van der Waals surface area contributed by atoms with E-state index < -0.39 is 5.60 Å². The maximum absolute atomic E-state index is 12.1. The molecule has 1 aliphatic rings. The van der Waals surface area contributed by atoms with Gasteiger partial charge in [-0.3, -0.25) is 0 Å². The van der Waals surface area contributed by atoms with Crippen LogP contribution < -0.4 is 5.32 Å². The maximum atomic E-state index is 12.1. The van der Waals surface area contributed by atoms with Crippen LogP contribution in [-0.4, -0.2) is 41.6 Å². The van der Waals surface area contributed by atoms with Crippen LogP contribution in [0.4, 0.5) is 5.69 Å². The van der Waals surface area contributed by atoms with Gasteiger partial charge in [0.05, 0.1) is 5.56 Å². The molecule has 0 unspecified atom stereocenters. The van der Waals surface area contributed by atoms with Gasteiger partial charge in [0, 0.05) is 30.9 Å². The zero-order valence-corrected chi connectivity index (χ0v) is 16.7. The molecule has 25 heavy (non-hydrogen) atoms. The molecule has 2 rings (SSSR count). The highest BCUT2D eigenvalue weighted by atomic mass is 16.6. The molecule has 0 amide bonds. The Morgan fingerprint density at radius 1 is 1.20 bits per heavy atom. The van der Waals surface area contributed by atoms with Crippen molar-refractivity contribution in [3.8, 4) is 0 Å². The molecule has 1 N–H and O–H groups in total. The topological polar surface area (TPSA) is 41.6 Å². The Labute approximate surface area is 152 Å². The smallest absolute Gasteiger partial charge is 0.338 e. The second kappa shape index (κ2) is 7.77. The number of rotatable bonds is 5. The predicted molar refractivity (Wildman–Crippen MR) is 104 cm³/mol. The van der Waals surface area contributed by atoms with Crippen molar-refractivity contribution < 1.29 is 9.53 Å². The van der Waals surface area contributed by atoms with Gasteiger partial charge in [0.25, 0.3) is 0 Å². The minimum absolute atomic E-state index is 0.112. The number of hydrogen-bond acceptors (Lipinski definition) is 4. The second-order valence-electron chi connectivity index (χ2n) is 8.96. The van der Waals surface area contributed by atoms with E-state index in [9.17, 15) is 4.79 Å². The summed E-state index contributed by atoms with van der Waals surface area (Å²) in [5.41, 5.74) is 1.30. The van der Waals surface area contributed by atoms with Gasteiger partial charge in [0.15, 0.2) is 0 Å². The highest BCUT2D eigenvalue weighted by Crippen LogP contribution is 2.27. The van der Waals surface area contributed by atoms with E-state index in [4.69, 9.17) is 4.74 Å². The van der Waals surface area contributed by atoms with Gasteiger partial charge in [-0.2, -0.15) is 0 Å². The van der Waals surface area contributed by atoms with Gasteiger partial charge >= 0.3 is 5.97 Å². The predicted octanol–water partition coefficient (Wildman–Crippen LogP) is 4.56. The normalized spacial score (nSPS) is 18.2. The fourth-order valence-corrected chi connectivity index (χ4v) is 3.25. The van der Waals surface area contributed by atoms with E-state index in [1.54, 1.807) is 0 Å². The van der Waals surface area contributed by atoms with E-state index in [1.165, 1.54) is 6.54 Å². The first kappa shape index (κ1) is 19.8. The van der Waals surface area contributed by atoms with Crippen LogP contribution in [0.15, 0.2) is 24.3 Å². The Balaban J connectivity index is 1.92. The fraction of sp³-hybridized carbons (Fsp3) is 0.667. The van der Waals surface area contributed by atoms with E-state index in [2.05, 4.69) is 31.0 Å². The molecule has 0 aliphatic carbocycles. The molecule has 0 radical (unpaired) electrons. The quantitative estimate of drug-likeness (QED) is 0.793. The van der Waals surface area contributed by atoms with Crippen molar-refractivity contribution in [1.29, 1.82) is 0 Å². The molecule has 4 heteroatoms. The Morgan fingerprint density at radius 3 is 2.24 bits per heavy atom. The van der Waals surface area contributed by atoms with Crippen molar-refractivity contribution in [2.75, 3.05) is 25.0 Å². The molecule has 0 saturated carbocycles. The average molecular weight is 347 g/mol. The molecule has 1 saturated heterocycles. The van der Waals surface area contributed by atoms with Crippen molar-refractivity contribution in [1.82, 2.24) is 4.90 Å². The molecule has 1 fully saturated rings. The summed E-state index contributed by atoms with van der Waals surface area (Å²) in [7, 11) is 0. The molecule has 1 aromatic rings. The first-order chi connectivity index (χ1) is 11.6. The number of anilines is 1. The highest BCUT2D eigenvalue weighted by molar-refractivity contribution is 5.90. The van der Waals surface area contributed by atoms with Crippen LogP contribution in [0.2, 0.25) is 0 Å². The molecule has 1 aliphatic heterocycles. The van der Waals surface area contributed by atoms with Crippen molar-refractivity contribution in [3.63, 3.8) is 0 Å². The van der Waals surface area contributed by atoms with Crippen molar-refractivity contribution in [3.05, 3.63) is 29.8 Å². The number of benzene rings is 1. The lowest BCUT2D eigenvalue weighted by Gasteiger charge is -2.41. The average Bonchev–Trinajstić information content (AvgIpc) is 2.48. The number of carbonyl (C=O) groups is 1. The third-order valence-corrected chi connectivity index (χ3v) is 4.55. The van der Waals surface area contributed by atoms with E-state index >= 15 is 0 Å². The number of hydrogen-bond donors (Lipinski definition) is 1. The van der Waals surface area contributed by atoms with Crippen LogP contribution in [0.1, 0.15) is 64.7 Å². The lowest BCUT2D eigenvalue weighted by Crippen LogP contribution is -2.48. The van der Waals surface area contributed by atoms with Gasteiger partial charge in [-0.05, 0) is 70.7 Å². The van der Waals surface area contributed by atoms with E-state index in [0.717, 1.165) is 37.5 Å². The summed E-state index contributed by atoms with van der Waals surface area (Å²) in [6, 6.07) is 7.64. The summed E-state index contributed by atoms with van der Waals surface area (Å²) < 4.78 is 5.41. The zero-order chi connectivity index (χ0) is 18.7. The molecule has 0 aromatic heterocycles. The van der Waals surface area contributed by atoms with Gasteiger partial charge in [0.1, 0.15) is 5.60 Å². The summed E-state index contributed by atoms with van der Waals surface area (Å²) in [5, 5.41) is 3.67. The third-order valence-electron chi connectivity index (χ3n) is 4.55. The first-order valence-electron chi connectivity index (χ1n) is 9.40. The summed E-state index contributed by atoms with van der Waals surface area (Å²) >= 11 is 0. The minimum Gasteiger partial charge on any atom is -0.456 e. The van der Waals surface area contributed by atoms with Gasteiger partial charge < -0.3 is 15.0 Å². The maximum Gasteiger partial charge on any atom is 0.338 e. The number of likely N-dealkylation sites (tertiary alicyclic amines) is 1. The molecular weight excluding hydrogens is 312 g/mol. The van der Waals surface area contributed by atoms with Crippen LogP contribution in [0.5, 0.6) is 0 Å². The highest BCUT2D eigenvalue weighted by Gasteiger charge is 2.30. The SMILES string of the molecule is CC(C)CN1CCC(C)(Nc2ccc(C(=O)OC(C)(C)C)cc2)CC1. The molecule has 140 valence electrons. The molecule has 0 spiro atoms. The number of piperidine rings is 1. The molecule has 0 atom stereocenters. The number of carbonyl (C=O) groups excluding carboxylic acids is 1. The molecule has 4 nitrogen and oxygen atoms in total. The van der Waals surface area contributed by atoms with Crippen LogP contribution in [0, 0.1) is 5.92 Å². The number of ether oxygens (including phenoxy) is 1. The molecule has 0 bridgehead atoms. The molecular formula is C21H34N2O2. The lowest BCUT2D eigenvalue weighted by atomic mass is 9.89. The minimum atomic E-state index is -0.467. The summed E-state index contributed by atoms with van der Waals surface area (Å²) in [5.74, 6) is 0.449. The third kappa shape index (κ3) is 6.35. The number of esters is 1. The van der Waals surface area contributed by atoms with Crippen LogP contribution in [-0.2, 0) is 4.74 Å². The Kier molecular flexibility index (Phi) is 6.15. The Morgan fingerprint density at radius 2 is 1.76 bits per heavy atom. The van der Waals surface area contributed by atoms with Gasteiger partial charge in [-0.25, -0.2) is 4.79 Å². The first-order valence-corrected chi connectivity index (χ1v) is 9.40. The lowest BCUT2D eigenvalue weighted by molar-refractivity contribution is 0.00696. The van der Waals surface area contributed by atoms with E-state index in [0.29, 0.717) is 5.56 Å². The molecule has 1 aromatic carbocycles. The Bertz CT molecular complexity index is 565. The number of nitrogens with one attached hydrogen (secondary N) is 1. The van der Waals surface area contributed by atoms with Crippen LogP contribution in [0.25, 0.3) is 0 Å². The van der Waals surface area contributed by atoms with E-state index in [1.807, 2.05) is 45.0 Å². The van der Waals surface area contributed by atoms with Gasteiger partial charge in [-0.1, -0.05) is 13.8 Å². The van der Waals surface area contributed by atoms with Gasteiger partial charge in [0.2, 0.25) is 0 Å². The molecule has 1 heterocycles. The summed E-state index contributed by atoms with van der Waals surface area (Å²) in [4.78, 5) is 14.7. The summed E-state index contributed by atoms with van der Waals surface area (Å²) in [6.07, 6.45) is 2.26. The van der Waals surface area contributed by atoms with Crippen molar-refractivity contribution in [2.45, 2.75) is 65.5 Å². The summed E-state index contributed by atoms with van der Waals surface area (Å²) in [6.45, 7) is 15.9. The Hall–Kier alpha value is -1.55. The van der Waals surface area contributed by atoms with Crippen LogP contribution in [0.3, 0.4) is 0 Å². The van der Waals surface area contributed by atoms with Crippen molar-refractivity contribution in [2.24, 2.45) is 5.92 Å². The van der Waals surface area contributed by atoms with Crippen LogP contribution >= 0.6 is 0 Å². The van der Waals surface area contributed by atoms with Crippen molar-refractivity contribution >= 4 is 11.7 Å².